The SMILES string of the molecule is COc1cc(N2CCN(C)CC2)ccc1-c1cc(C2=CCCN(C(C)=O)C2)c(F)c2[nH]c(C(=O)N(C)C)cc12. The summed E-state index contributed by atoms with van der Waals surface area (Å²) in [5.74, 6) is -0.0384. The van der Waals surface area contributed by atoms with Crippen molar-refractivity contribution in [2.75, 3.05) is 72.4 Å². The van der Waals surface area contributed by atoms with Crippen molar-refractivity contribution in [2.45, 2.75) is 13.3 Å². The van der Waals surface area contributed by atoms with Crippen molar-refractivity contribution >= 4 is 34.0 Å². The Morgan fingerprint density at radius 2 is 1.74 bits per heavy atom. The van der Waals surface area contributed by atoms with Gasteiger partial charge in [0.2, 0.25) is 5.91 Å². The summed E-state index contributed by atoms with van der Waals surface area (Å²) in [6.45, 7) is 6.32. The van der Waals surface area contributed by atoms with E-state index in [1.165, 1.54) is 11.8 Å². The van der Waals surface area contributed by atoms with Crippen molar-refractivity contribution in [2.24, 2.45) is 0 Å². The van der Waals surface area contributed by atoms with Crippen LogP contribution in [0, 0.1) is 5.82 Å². The average Bonchev–Trinajstić information content (AvgIpc) is 3.39. The van der Waals surface area contributed by atoms with E-state index >= 15 is 4.39 Å². The Morgan fingerprint density at radius 3 is 2.41 bits per heavy atom. The number of carbonyl (C=O) groups is 2. The van der Waals surface area contributed by atoms with Crippen LogP contribution in [0.2, 0.25) is 0 Å². The second-order valence-corrected chi connectivity index (χ2v) is 10.6. The van der Waals surface area contributed by atoms with E-state index in [1.807, 2.05) is 24.3 Å². The normalized spacial score (nSPS) is 16.4. The molecule has 0 bridgehead atoms. The van der Waals surface area contributed by atoms with Crippen LogP contribution in [0.4, 0.5) is 10.1 Å². The minimum absolute atomic E-state index is 0.0396. The van der Waals surface area contributed by atoms with Crippen molar-refractivity contribution in [3.8, 4) is 16.9 Å². The fraction of sp³-hybridized carbons (Fsp3) is 0.400. The molecule has 2 aliphatic heterocycles. The van der Waals surface area contributed by atoms with Crippen LogP contribution >= 0.6 is 0 Å². The summed E-state index contributed by atoms with van der Waals surface area (Å²) in [4.78, 5) is 35.8. The fourth-order valence-electron chi connectivity index (χ4n) is 5.44. The number of rotatable bonds is 5. The Kier molecular flexibility index (Phi) is 7.36. The highest BCUT2D eigenvalue weighted by molar-refractivity contribution is 6.05. The lowest BCUT2D eigenvalue weighted by Gasteiger charge is -2.34. The zero-order valence-corrected chi connectivity index (χ0v) is 23.3. The number of nitrogens with zero attached hydrogens (tertiary/aromatic N) is 4. The predicted molar refractivity (Wildman–Crippen MR) is 153 cm³/mol. The smallest absolute Gasteiger partial charge is 0.269 e. The van der Waals surface area contributed by atoms with Gasteiger partial charge in [-0.15, -0.1) is 0 Å². The second kappa shape index (κ2) is 10.7. The average molecular weight is 534 g/mol. The lowest BCUT2D eigenvalue weighted by molar-refractivity contribution is -0.128. The van der Waals surface area contributed by atoms with Crippen LogP contribution < -0.4 is 9.64 Å². The molecule has 39 heavy (non-hydrogen) atoms. The molecule has 9 heteroatoms. The van der Waals surface area contributed by atoms with Gasteiger partial charge in [-0.05, 0) is 48.9 Å². The molecule has 0 aliphatic carbocycles. The van der Waals surface area contributed by atoms with Crippen LogP contribution in [0.15, 0.2) is 36.4 Å². The van der Waals surface area contributed by atoms with Crippen molar-refractivity contribution in [1.82, 2.24) is 19.7 Å². The maximum Gasteiger partial charge on any atom is 0.269 e. The Morgan fingerprint density at radius 1 is 1.00 bits per heavy atom. The van der Waals surface area contributed by atoms with E-state index in [9.17, 15) is 9.59 Å². The van der Waals surface area contributed by atoms with Gasteiger partial charge in [0.1, 0.15) is 11.4 Å². The summed E-state index contributed by atoms with van der Waals surface area (Å²) in [5, 5.41) is 0.604. The molecule has 0 atom stereocenters. The number of nitrogens with one attached hydrogen (secondary N) is 1. The number of aromatic nitrogens is 1. The molecule has 3 heterocycles. The molecular weight excluding hydrogens is 497 g/mol. The predicted octanol–water partition coefficient (Wildman–Crippen LogP) is 4.07. The van der Waals surface area contributed by atoms with Gasteiger partial charge in [-0.1, -0.05) is 6.08 Å². The van der Waals surface area contributed by atoms with Crippen LogP contribution in [0.5, 0.6) is 5.75 Å². The minimum atomic E-state index is -0.434. The quantitative estimate of drug-likeness (QED) is 0.536. The molecule has 8 nitrogen and oxygen atoms in total. The third-order valence-electron chi connectivity index (χ3n) is 7.78. The number of piperazine rings is 1. The third-order valence-corrected chi connectivity index (χ3v) is 7.78. The first kappa shape index (κ1) is 26.7. The van der Waals surface area contributed by atoms with Gasteiger partial charge in [-0.3, -0.25) is 9.59 Å². The molecule has 2 aliphatic rings. The number of fused-ring (bicyclic) bond motifs is 1. The number of anilines is 1. The van der Waals surface area contributed by atoms with Gasteiger partial charge in [0.25, 0.3) is 5.91 Å². The van der Waals surface area contributed by atoms with Gasteiger partial charge in [0.05, 0.1) is 12.6 Å². The summed E-state index contributed by atoms with van der Waals surface area (Å²) in [5.41, 5.74) is 4.39. The number of H-pyrrole nitrogens is 1. The number of likely N-dealkylation sites (N-methyl/N-ethyl adjacent to an activating group) is 1. The number of ether oxygens (including phenoxy) is 1. The number of methoxy groups -OCH3 is 1. The largest absolute Gasteiger partial charge is 0.496 e. The fourth-order valence-corrected chi connectivity index (χ4v) is 5.44. The van der Waals surface area contributed by atoms with Crippen molar-refractivity contribution < 1.29 is 18.7 Å². The summed E-state index contributed by atoms with van der Waals surface area (Å²) >= 11 is 0. The van der Waals surface area contributed by atoms with E-state index in [0.717, 1.165) is 48.6 Å². The molecule has 3 aromatic rings. The van der Waals surface area contributed by atoms with Crippen molar-refractivity contribution in [1.29, 1.82) is 0 Å². The molecular formula is C30H36FN5O3. The van der Waals surface area contributed by atoms with Crippen LogP contribution in [-0.2, 0) is 4.79 Å². The van der Waals surface area contributed by atoms with Gasteiger partial charge in [-0.2, -0.15) is 0 Å². The number of hydrogen-bond donors (Lipinski definition) is 1. The highest BCUT2D eigenvalue weighted by Gasteiger charge is 2.25. The van der Waals surface area contributed by atoms with Gasteiger partial charge >= 0.3 is 0 Å². The first-order chi connectivity index (χ1) is 18.7. The first-order valence-corrected chi connectivity index (χ1v) is 13.3. The van der Waals surface area contributed by atoms with Crippen LogP contribution in [0.25, 0.3) is 27.6 Å². The number of aromatic amines is 1. The van der Waals surface area contributed by atoms with Gasteiger partial charge in [0, 0.05) is 88.6 Å². The van der Waals surface area contributed by atoms with E-state index in [4.69, 9.17) is 4.74 Å². The Hall–Kier alpha value is -3.85. The molecule has 0 unspecified atom stereocenters. The Balaban J connectivity index is 1.67. The maximum atomic E-state index is 16.1. The minimum Gasteiger partial charge on any atom is -0.496 e. The standard InChI is InChI=1S/C30H36FN5O3/c1-19(37)36-10-6-7-20(18-36)23-16-24(25-17-26(30(38)33(2)3)32-29(25)28(23)31)22-9-8-21(15-27(22)39-5)35-13-11-34(4)12-14-35/h7-9,15-17,32H,6,10-14,18H2,1-5H3. The Labute approximate surface area is 228 Å². The molecule has 0 radical (unpaired) electrons. The third kappa shape index (κ3) is 5.11. The number of halogens is 1. The molecule has 1 N–H and O–H groups in total. The highest BCUT2D eigenvalue weighted by Crippen LogP contribution is 2.41. The maximum absolute atomic E-state index is 16.1. The van der Waals surface area contributed by atoms with Gasteiger partial charge in [0.15, 0.2) is 5.82 Å². The number of benzene rings is 2. The zero-order valence-electron chi connectivity index (χ0n) is 23.3. The topological polar surface area (TPSA) is 72.1 Å². The summed E-state index contributed by atoms with van der Waals surface area (Å²) in [6, 6.07) is 9.67. The lowest BCUT2D eigenvalue weighted by atomic mass is 9.92. The molecule has 0 saturated carbocycles. The molecule has 5 rings (SSSR count). The first-order valence-electron chi connectivity index (χ1n) is 13.3. The molecule has 206 valence electrons. The molecule has 1 saturated heterocycles. The Bertz CT molecular complexity index is 1450. The highest BCUT2D eigenvalue weighted by atomic mass is 19.1. The van der Waals surface area contributed by atoms with Gasteiger partial charge in [-0.25, -0.2) is 4.39 Å². The summed E-state index contributed by atoms with van der Waals surface area (Å²) in [7, 11) is 7.10. The number of carbonyl (C=O) groups excluding carboxylic acids is 2. The summed E-state index contributed by atoms with van der Waals surface area (Å²) < 4.78 is 22.0. The lowest BCUT2D eigenvalue weighted by Crippen LogP contribution is -2.44. The number of hydrogen-bond acceptors (Lipinski definition) is 5. The molecule has 2 aromatic carbocycles. The van der Waals surface area contributed by atoms with E-state index in [1.54, 1.807) is 32.2 Å². The molecule has 2 amide bonds. The van der Waals surface area contributed by atoms with E-state index in [2.05, 4.69) is 27.9 Å². The van der Waals surface area contributed by atoms with Crippen molar-refractivity contribution in [3.05, 3.63) is 53.5 Å². The number of amides is 2. The molecule has 1 aromatic heterocycles. The monoisotopic (exact) mass is 533 g/mol. The van der Waals surface area contributed by atoms with Crippen LogP contribution in [0.3, 0.4) is 0 Å². The second-order valence-electron chi connectivity index (χ2n) is 10.6. The molecule has 1 fully saturated rings. The molecule has 0 spiro atoms. The van der Waals surface area contributed by atoms with Gasteiger partial charge < -0.3 is 29.3 Å². The summed E-state index contributed by atoms with van der Waals surface area (Å²) in [6.07, 6.45) is 2.65. The zero-order chi connectivity index (χ0) is 27.8. The van der Waals surface area contributed by atoms with E-state index < -0.39 is 5.82 Å². The van der Waals surface area contributed by atoms with Crippen LogP contribution in [0.1, 0.15) is 29.4 Å². The van der Waals surface area contributed by atoms with Crippen molar-refractivity contribution in [3.63, 3.8) is 0 Å². The van der Waals surface area contributed by atoms with E-state index in [-0.39, 0.29) is 17.3 Å². The van der Waals surface area contributed by atoms with Crippen LogP contribution in [-0.4, -0.2) is 99.0 Å². The van der Waals surface area contributed by atoms with E-state index in [0.29, 0.717) is 41.9 Å².